The first-order valence-corrected chi connectivity index (χ1v) is 5.55. The average Bonchev–Trinajstić information content (AvgIpc) is 2.60. The Bertz CT molecular complexity index is 182. The van der Waals surface area contributed by atoms with Gasteiger partial charge in [-0.05, 0) is 45.2 Å². The van der Waals surface area contributed by atoms with Crippen molar-refractivity contribution in [2.75, 3.05) is 26.2 Å². The maximum absolute atomic E-state index is 10.7. The predicted molar refractivity (Wildman–Crippen MR) is 56.2 cm³/mol. The van der Waals surface area contributed by atoms with Gasteiger partial charge in [0.2, 0.25) is 0 Å². The van der Waals surface area contributed by atoms with E-state index in [0.717, 1.165) is 45.3 Å². The number of carbonyl (C=O) groups excluding carboxylic acids is 1. The number of nitrogens with zero attached hydrogens (tertiary/aromatic N) is 1. The Morgan fingerprint density at radius 2 is 2.29 bits per heavy atom. The zero-order valence-electron chi connectivity index (χ0n) is 9.04. The lowest BCUT2D eigenvalue weighted by atomic mass is 10.1. The van der Waals surface area contributed by atoms with Crippen LogP contribution in [0.4, 0.5) is 0 Å². The summed E-state index contributed by atoms with van der Waals surface area (Å²) in [6, 6.07) is 0. The maximum atomic E-state index is 10.7. The minimum Gasteiger partial charge on any atom is -0.396 e. The second-order valence-corrected chi connectivity index (χ2v) is 4.30. The molecule has 0 amide bonds. The van der Waals surface area contributed by atoms with E-state index in [0.29, 0.717) is 18.3 Å². The standard InChI is InChI=1S/C11H21NO2/c1-10(14)4-2-3-6-12-7-5-11(8-12)9-13/h11,13H,2-9H2,1H3. The molecular formula is C11H21NO2. The van der Waals surface area contributed by atoms with Crippen LogP contribution in [-0.4, -0.2) is 42.0 Å². The van der Waals surface area contributed by atoms with Gasteiger partial charge in [-0.3, -0.25) is 0 Å². The lowest BCUT2D eigenvalue weighted by Gasteiger charge is -2.14. The van der Waals surface area contributed by atoms with Gasteiger partial charge < -0.3 is 14.8 Å². The van der Waals surface area contributed by atoms with Crippen LogP contribution in [0.1, 0.15) is 32.6 Å². The molecule has 3 nitrogen and oxygen atoms in total. The van der Waals surface area contributed by atoms with Crippen LogP contribution in [0.15, 0.2) is 0 Å². The Morgan fingerprint density at radius 1 is 1.50 bits per heavy atom. The minimum atomic E-state index is 0.291. The van der Waals surface area contributed by atoms with E-state index in [9.17, 15) is 4.79 Å². The highest BCUT2D eigenvalue weighted by molar-refractivity contribution is 5.75. The summed E-state index contributed by atoms with van der Waals surface area (Å²) in [5.41, 5.74) is 0. The second-order valence-electron chi connectivity index (χ2n) is 4.30. The molecule has 82 valence electrons. The highest BCUT2D eigenvalue weighted by atomic mass is 16.3. The Kier molecular flexibility index (Phi) is 5.12. The molecule has 1 saturated heterocycles. The number of aliphatic hydroxyl groups is 1. The largest absolute Gasteiger partial charge is 0.396 e. The summed E-state index contributed by atoms with van der Waals surface area (Å²) in [6.07, 6.45) is 3.97. The van der Waals surface area contributed by atoms with Gasteiger partial charge in [0.25, 0.3) is 0 Å². The molecule has 0 aromatic heterocycles. The molecule has 3 heteroatoms. The smallest absolute Gasteiger partial charge is 0.129 e. The van der Waals surface area contributed by atoms with E-state index >= 15 is 0 Å². The minimum absolute atomic E-state index is 0.291. The molecule has 0 bridgehead atoms. The molecule has 1 aliphatic heterocycles. The highest BCUT2D eigenvalue weighted by Gasteiger charge is 2.20. The second kappa shape index (κ2) is 6.14. The van der Waals surface area contributed by atoms with Crippen molar-refractivity contribution >= 4 is 5.78 Å². The molecule has 14 heavy (non-hydrogen) atoms. The maximum Gasteiger partial charge on any atom is 0.129 e. The lowest BCUT2D eigenvalue weighted by Crippen LogP contribution is -2.22. The van der Waals surface area contributed by atoms with Crippen LogP contribution >= 0.6 is 0 Å². The van der Waals surface area contributed by atoms with Gasteiger partial charge in [0.15, 0.2) is 0 Å². The molecule has 0 radical (unpaired) electrons. The van der Waals surface area contributed by atoms with E-state index in [2.05, 4.69) is 4.90 Å². The van der Waals surface area contributed by atoms with E-state index in [1.807, 2.05) is 0 Å². The summed E-state index contributed by atoms with van der Waals surface area (Å²) in [5, 5.41) is 8.96. The van der Waals surface area contributed by atoms with Crippen molar-refractivity contribution in [3.63, 3.8) is 0 Å². The number of hydrogen-bond acceptors (Lipinski definition) is 3. The first kappa shape index (κ1) is 11.7. The number of likely N-dealkylation sites (tertiary alicyclic amines) is 1. The Labute approximate surface area is 86.1 Å². The average molecular weight is 199 g/mol. The van der Waals surface area contributed by atoms with E-state index in [4.69, 9.17) is 5.11 Å². The van der Waals surface area contributed by atoms with E-state index in [-0.39, 0.29) is 0 Å². The number of rotatable bonds is 6. The van der Waals surface area contributed by atoms with Crippen LogP contribution in [0.2, 0.25) is 0 Å². The number of Topliss-reactive ketones (excluding diaryl/α,β-unsaturated/α-hetero) is 1. The van der Waals surface area contributed by atoms with Crippen LogP contribution in [0, 0.1) is 5.92 Å². The lowest BCUT2D eigenvalue weighted by molar-refractivity contribution is -0.117. The van der Waals surface area contributed by atoms with Crippen LogP contribution in [-0.2, 0) is 4.79 Å². The van der Waals surface area contributed by atoms with Crippen molar-refractivity contribution in [1.82, 2.24) is 4.90 Å². The van der Waals surface area contributed by atoms with Crippen LogP contribution in [0.3, 0.4) is 0 Å². The molecule has 0 spiro atoms. The highest BCUT2D eigenvalue weighted by Crippen LogP contribution is 2.15. The van der Waals surface area contributed by atoms with Crippen molar-refractivity contribution in [1.29, 1.82) is 0 Å². The molecule has 1 rings (SSSR count). The number of ketones is 1. The fourth-order valence-electron chi connectivity index (χ4n) is 1.97. The quantitative estimate of drug-likeness (QED) is 0.650. The predicted octanol–water partition coefficient (Wildman–Crippen LogP) is 1.06. The molecule has 0 aromatic rings. The molecular weight excluding hydrogens is 178 g/mol. The third-order valence-corrected chi connectivity index (χ3v) is 2.88. The normalized spacial score (nSPS) is 22.9. The fourth-order valence-corrected chi connectivity index (χ4v) is 1.97. The Balaban J connectivity index is 2.00. The number of hydrogen-bond donors (Lipinski definition) is 1. The molecule has 0 aliphatic carbocycles. The van der Waals surface area contributed by atoms with E-state index in [1.54, 1.807) is 6.92 Å². The van der Waals surface area contributed by atoms with Gasteiger partial charge in [-0.2, -0.15) is 0 Å². The van der Waals surface area contributed by atoms with Gasteiger partial charge in [-0.15, -0.1) is 0 Å². The summed E-state index contributed by atoms with van der Waals surface area (Å²) < 4.78 is 0. The molecule has 1 aliphatic rings. The van der Waals surface area contributed by atoms with Gasteiger partial charge >= 0.3 is 0 Å². The molecule has 0 aromatic carbocycles. The first-order chi connectivity index (χ1) is 6.72. The Morgan fingerprint density at radius 3 is 2.86 bits per heavy atom. The van der Waals surface area contributed by atoms with Crippen molar-refractivity contribution in [3.05, 3.63) is 0 Å². The van der Waals surface area contributed by atoms with Crippen LogP contribution in [0.5, 0.6) is 0 Å². The zero-order chi connectivity index (χ0) is 10.4. The molecule has 0 saturated carbocycles. The van der Waals surface area contributed by atoms with E-state index in [1.165, 1.54) is 0 Å². The van der Waals surface area contributed by atoms with Crippen molar-refractivity contribution in [2.45, 2.75) is 32.6 Å². The van der Waals surface area contributed by atoms with Crippen LogP contribution in [0.25, 0.3) is 0 Å². The van der Waals surface area contributed by atoms with Gasteiger partial charge in [-0.25, -0.2) is 0 Å². The first-order valence-electron chi connectivity index (χ1n) is 5.55. The van der Waals surface area contributed by atoms with Gasteiger partial charge in [0, 0.05) is 19.6 Å². The molecule has 1 N–H and O–H groups in total. The van der Waals surface area contributed by atoms with Gasteiger partial charge in [-0.1, -0.05) is 0 Å². The monoisotopic (exact) mass is 199 g/mol. The zero-order valence-corrected chi connectivity index (χ0v) is 9.04. The Hall–Kier alpha value is -0.410. The SMILES string of the molecule is CC(=O)CCCCN1CCC(CO)C1. The summed E-state index contributed by atoms with van der Waals surface area (Å²) in [4.78, 5) is 13.1. The van der Waals surface area contributed by atoms with Crippen LogP contribution < -0.4 is 0 Å². The molecule has 1 atom stereocenters. The molecule has 1 unspecified atom stereocenters. The fraction of sp³-hybridized carbons (Fsp3) is 0.909. The van der Waals surface area contributed by atoms with Crippen molar-refractivity contribution in [2.24, 2.45) is 5.92 Å². The molecule has 1 fully saturated rings. The number of carbonyl (C=O) groups is 1. The summed E-state index contributed by atoms with van der Waals surface area (Å²) >= 11 is 0. The third-order valence-electron chi connectivity index (χ3n) is 2.88. The summed E-state index contributed by atoms with van der Waals surface area (Å²) in [6.45, 7) is 5.22. The number of unbranched alkanes of at least 4 members (excludes halogenated alkanes) is 1. The summed E-state index contributed by atoms with van der Waals surface area (Å²) in [5.74, 6) is 0.780. The van der Waals surface area contributed by atoms with E-state index < -0.39 is 0 Å². The summed E-state index contributed by atoms with van der Waals surface area (Å²) in [7, 11) is 0. The van der Waals surface area contributed by atoms with Crippen molar-refractivity contribution in [3.8, 4) is 0 Å². The molecule has 1 heterocycles. The van der Waals surface area contributed by atoms with Crippen molar-refractivity contribution < 1.29 is 9.90 Å². The van der Waals surface area contributed by atoms with Gasteiger partial charge in [0.1, 0.15) is 5.78 Å². The number of aliphatic hydroxyl groups excluding tert-OH is 1. The topological polar surface area (TPSA) is 40.5 Å². The third kappa shape index (κ3) is 4.20. The van der Waals surface area contributed by atoms with Gasteiger partial charge in [0.05, 0.1) is 0 Å².